The summed E-state index contributed by atoms with van der Waals surface area (Å²) in [6.45, 7) is 0.366. The number of ether oxygens (including phenoxy) is 2. The number of imidazole rings is 1. The quantitative estimate of drug-likeness (QED) is 0.197. The lowest BCUT2D eigenvalue weighted by molar-refractivity contribution is 0.0697. The van der Waals surface area contributed by atoms with Crippen LogP contribution in [0.4, 0.5) is 0 Å². The van der Waals surface area contributed by atoms with Gasteiger partial charge in [0.25, 0.3) is 0 Å². The number of benzene rings is 4. The van der Waals surface area contributed by atoms with Gasteiger partial charge in [-0.15, -0.1) is 0 Å². The van der Waals surface area contributed by atoms with Crippen LogP contribution >= 0.6 is 23.4 Å². The van der Waals surface area contributed by atoms with Crippen LogP contribution < -0.4 is 9.47 Å². The molecule has 0 bridgehead atoms. The van der Waals surface area contributed by atoms with Gasteiger partial charge in [-0.3, -0.25) is 0 Å². The topological polar surface area (TPSA) is 73.6 Å². The van der Waals surface area contributed by atoms with E-state index in [1.807, 2.05) is 84.6 Å². The summed E-state index contributed by atoms with van der Waals surface area (Å²) in [7, 11) is 1.66. The summed E-state index contributed by atoms with van der Waals surface area (Å²) < 4.78 is 14.0. The van der Waals surface area contributed by atoms with Gasteiger partial charge in [-0.05, 0) is 102 Å². The van der Waals surface area contributed by atoms with Gasteiger partial charge in [0, 0.05) is 22.2 Å². The molecule has 6 nitrogen and oxygen atoms in total. The zero-order valence-electron chi connectivity index (χ0n) is 22.5. The molecule has 1 N–H and O–H groups in total. The smallest absolute Gasteiger partial charge is 0.335 e. The molecule has 1 aliphatic rings. The van der Waals surface area contributed by atoms with Gasteiger partial charge in [-0.2, -0.15) is 11.8 Å². The number of carbonyl (C=O) groups is 1. The lowest BCUT2D eigenvalue weighted by Gasteiger charge is -2.25. The van der Waals surface area contributed by atoms with Gasteiger partial charge in [0.05, 0.1) is 23.7 Å². The number of hydrogen-bond donors (Lipinski definition) is 1. The third kappa shape index (κ3) is 5.78. The minimum atomic E-state index is -0.950. The van der Waals surface area contributed by atoms with Crippen molar-refractivity contribution in [1.82, 2.24) is 9.55 Å². The van der Waals surface area contributed by atoms with Crippen molar-refractivity contribution in [3.63, 3.8) is 0 Å². The lowest BCUT2D eigenvalue weighted by Crippen LogP contribution is -2.16. The van der Waals surface area contributed by atoms with Gasteiger partial charge in [0.1, 0.15) is 23.9 Å². The molecule has 1 aliphatic heterocycles. The van der Waals surface area contributed by atoms with Crippen molar-refractivity contribution in [3.8, 4) is 34.0 Å². The van der Waals surface area contributed by atoms with Crippen molar-refractivity contribution in [1.29, 1.82) is 0 Å². The Morgan fingerprint density at radius 2 is 1.66 bits per heavy atom. The maximum atomic E-state index is 11.6. The van der Waals surface area contributed by atoms with Crippen molar-refractivity contribution in [3.05, 3.63) is 101 Å². The van der Waals surface area contributed by atoms with Crippen LogP contribution in [-0.4, -0.2) is 39.2 Å². The normalized spacial score (nSPS) is 13.8. The standard InChI is InChI=1S/C33H29ClN2O4S/c1-39-28-11-12-29(21-2-7-25(34)8-3-21)24(18-28)20-40-27-9-4-22(5-10-27)32-35-30-19-23(33(37)38)6-13-31(30)36(32)26-14-16-41-17-15-26/h2-13,18-19,26H,14-17,20H2,1H3,(H,37,38). The molecule has 0 amide bonds. The fourth-order valence-corrected chi connectivity index (χ4v) is 6.54. The predicted octanol–water partition coefficient (Wildman–Crippen LogP) is 8.38. The number of thioether (sulfide) groups is 1. The number of methoxy groups -OCH3 is 1. The second-order valence-electron chi connectivity index (χ2n) is 10.0. The third-order valence-electron chi connectivity index (χ3n) is 7.47. The summed E-state index contributed by atoms with van der Waals surface area (Å²) >= 11 is 8.08. The van der Waals surface area contributed by atoms with Crippen LogP contribution in [-0.2, 0) is 6.61 Å². The minimum Gasteiger partial charge on any atom is -0.497 e. The molecule has 8 heteroatoms. The zero-order chi connectivity index (χ0) is 28.3. The molecule has 0 unspecified atom stereocenters. The number of halogens is 1. The van der Waals surface area contributed by atoms with Crippen LogP contribution in [0.1, 0.15) is 34.8 Å². The number of aromatic carboxylic acids is 1. The Kier molecular flexibility index (Phi) is 7.90. The summed E-state index contributed by atoms with van der Waals surface area (Å²) in [5, 5.41) is 10.2. The number of rotatable bonds is 8. The molecule has 4 aromatic carbocycles. The number of fused-ring (bicyclic) bond motifs is 1. The van der Waals surface area contributed by atoms with Gasteiger partial charge in [-0.1, -0.05) is 29.8 Å². The van der Waals surface area contributed by atoms with Crippen LogP contribution in [0.2, 0.25) is 5.02 Å². The van der Waals surface area contributed by atoms with Crippen LogP contribution in [0.15, 0.2) is 84.9 Å². The van der Waals surface area contributed by atoms with E-state index in [4.69, 9.17) is 26.1 Å². The van der Waals surface area contributed by atoms with Crippen LogP contribution in [0.5, 0.6) is 11.5 Å². The minimum absolute atomic E-state index is 0.243. The highest BCUT2D eigenvalue weighted by Gasteiger charge is 2.23. The molecule has 0 spiro atoms. The molecule has 1 saturated heterocycles. The molecule has 0 aliphatic carbocycles. The van der Waals surface area contributed by atoms with E-state index in [0.29, 0.717) is 23.2 Å². The van der Waals surface area contributed by atoms with E-state index >= 15 is 0 Å². The molecule has 6 rings (SSSR count). The van der Waals surface area contributed by atoms with E-state index in [1.54, 1.807) is 19.2 Å². The number of nitrogens with zero attached hydrogens (tertiary/aromatic N) is 2. The Morgan fingerprint density at radius 1 is 0.951 bits per heavy atom. The molecule has 2 heterocycles. The highest BCUT2D eigenvalue weighted by Crippen LogP contribution is 2.36. The van der Waals surface area contributed by atoms with Gasteiger partial charge < -0.3 is 19.1 Å². The van der Waals surface area contributed by atoms with E-state index in [2.05, 4.69) is 4.57 Å². The first-order chi connectivity index (χ1) is 20.0. The third-order valence-corrected chi connectivity index (χ3v) is 8.77. The maximum absolute atomic E-state index is 11.6. The fourth-order valence-electron chi connectivity index (χ4n) is 5.34. The first-order valence-corrected chi connectivity index (χ1v) is 15.0. The summed E-state index contributed by atoms with van der Waals surface area (Å²) in [5.74, 6) is 3.61. The van der Waals surface area contributed by atoms with E-state index < -0.39 is 5.97 Å². The lowest BCUT2D eigenvalue weighted by atomic mass is 10.00. The molecule has 41 heavy (non-hydrogen) atoms. The molecule has 5 aromatic rings. The molecule has 208 valence electrons. The second-order valence-corrected chi connectivity index (χ2v) is 11.7. The van der Waals surface area contributed by atoms with Crippen molar-refractivity contribution >= 4 is 40.4 Å². The van der Waals surface area contributed by atoms with E-state index in [-0.39, 0.29) is 5.56 Å². The zero-order valence-corrected chi connectivity index (χ0v) is 24.1. The predicted molar refractivity (Wildman–Crippen MR) is 165 cm³/mol. The van der Waals surface area contributed by atoms with Gasteiger partial charge in [-0.25, -0.2) is 9.78 Å². The average molecular weight is 585 g/mol. The van der Waals surface area contributed by atoms with E-state index in [9.17, 15) is 9.90 Å². The Hall–Kier alpha value is -3.94. The van der Waals surface area contributed by atoms with Crippen LogP contribution in [0.3, 0.4) is 0 Å². The van der Waals surface area contributed by atoms with Crippen molar-refractivity contribution in [2.75, 3.05) is 18.6 Å². The van der Waals surface area contributed by atoms with Crippen molar-refractivity contribution in [2.45, 2.75) is 25.5 Å². The molecule has 0 radical (unpaired) electrons. The molecular weight excluding hydrogens is 556 g/mol. The number of aromatic nitrogens is 2. The van der Waals surface area contributed by atoms with Crippen molar-refractivity contribution < 1.29 is 19.4 Å². The van der Waals surface area contributed by atoms with Gasteiger partial charge in [0.2, 0.25) is 0 Å². The van der Waals surface area contributed by atoms with Crippen molar-refractivity contribution in [2.24, 2.45) is 0 Å². The molecule has 1 aromatic heterocycles. The average Bonchev–Trinajstić information content (AvgIpc) is 3.40. The number of hydrogen-bond acceptors (Lipinski definition) is 5. The van der Waals surface area contributed by atoms with Gasteiger partial charge in [0.15, 0.2) is 0 Å². The van der Waals surface area contributed by atoms with E-state index in [0.717, 1.165) is 69.4 Å². The van der Waals surface area contributed by atoms with Crippen LogP contribution in [0.25, 0.3) is 33.5 Å². The Balaban J connectivity index is 1.29. The highest BCUT2D eigenvalue weighted by atomic mass is 35.5. The first-order valence-electron chi connectivity index (χ1n) is 13.5. The maximum Gasteiger partial charge on any atom is 0.335 e. The van der Waals surface area contributed by atoms with E-state index in [1.165, 1.54) is 0 Å². The Bertz CT molecular complexity index is 1690. The number of carboxylic acid groups (broad SMARTS) is 1. The number of carboxylic acids is 1. The highest BCUT2D eigenvalue weighted by molar-refractivity contribution is 7.99. The monoisotopic (exact) mass is 584 g/mol. The fraction of sp³-hybridized carbons (Fsp3) is 0.212. The SMILES string of the molecule is COc1ccc(-c2ccc(Cl)cc2)c(COc2ccc(-c3nc4cc(C(=O)O)ccc4n3C3CCSCC3)cc2)c1. The Labute approximate surface area is 247 Å². The summed E-state index contributed by atoms with van der Waals surface area (Å²) in [6.07, 6.45) is 2.11. The first kappa shape index (κ1) is 27.2. The summed E-state index contributed by atoms with van der Waals surface area (Å²) in [5.41, 5.74) is 5.98. The molecule has 0 atom stereocenters. The van der Waals surface area contributed by atoms with Gasteiger partial charge >= 0.3 is 5.97 Å². The molecule has 0 saturated carbocycles. The summed E-state index contributed by atoms with van der Waals surface area (Å²) in [4.78, 5) is 16.5. The van der Waals surface area contributed by atoms with Crippen LogP contribution in [0, 0.1) is 0 Å². The largest absolute Gasteiger partial charge is 0.497 e. The molecular formula is C33H29ClN2O4S. The second kappa shape index (κ2) is 11.9. The summed E-state index contributed by atoms with van der Waals surface area (Å²) in [6, 6.07) is 27.2. The molecule has 1 fully saturated rings. The Morgan fingerprint density at radius 3 is 2.37 bits per heavy atom.